The van der Waals surface area contributed by atoms with Crippen molar-refractivity contribution in [1.82, 2.24) is 0 Å². The first-order valence-electron chi connectivity index (χ1n) is 15.7. The van der Waals surface area contributed by atoms with Gasteiger partial charge in [0.2, 0.25) is 0 Å². The highest BCUT2D eigenvalue weighted by Gasteiger charge is 2.71. The summed E-state index contributed by atoms with van der Waals surface area (Å²) in [4.78, 5) is 69.6. The summed E-state index contributed by atoms with van der Waals surface area (Å²) in [5.41, 5.74) is -1.73. The van der Waals surface area contributed by atoms with Crippen LogP contribution in [0.15, 0.2) is 90.2 Å². The summed E-state index contributed by atoms with van der Waals surface area (Å²) in [7, 11) is 4.24. The van der Waals surface area contributed by atoms with E-state index in [1.54, 1.807) is 78.9 Å². The van der Waals surface area contributed by atoms with Crippen LogP contribution < -0.4 is 0 Å². The van der Waals surface area contributed by atoms with Gasteiger partial charge in [-0.15, -0.1) is 0 Å². The number of carbonyl (C=O) groups excluding carboxylic acids is 5. The second-order valence-corrected chi connectivity index (χ2v) is 12.9. The maximum absolute atomic E-state index is 14.4. The molecule has 2 aliphatic carbocycles. The van der Waals surface area contributed by atoms with Crippen molar-refractivity contribution in [3.05, 3.63) is 117 Å². The van der Waals surface area contributed by atoms with E-state index in [4.69, 9.17) is 46.9 Å². The fraction of sp³-hybridized carbons (Fsp3) is 0.289. The number of aliphatic hydroxyl groups is 1. The molecule has 266 valence electrons. The Hall–Kier alpha value is -4.97. The molecular weight excluding hydrogens is 703 g/mol. The molecule has 13 heteroatoms. The van der Waals surface area contributed by atoms with Crippen LogP contribution in [-0.2, 0) is 47.7 Å². The highest BCUT2D eigenvalue weighted by atomic mass is 35.5. The molecule has 5 rings (SSSR count). The maximum atomic E-state index is 14.4. The summed E-state index contributed by atoms with van der Waals surface area (Å²) in [6.07, 6.45) is 1.36. The molecule has 1 saturated carbocycles. The number of benzene rings is 3. The van der Waals surface area contributed by atoms with Gasteiger partial charge in [0, 0.05) is 21.9 Å². The number of hydrogen-bond acceptors (Lipinski definition) is 11. The molecule has 0 spiro atoms. The summed E-state index contributed by atoms with van der Waals surface area (Å²) in [6.45, 7) is 0. The fourth-order valence-electron chi connectivity index (χ4n) is 7.22. The second kappa shape index (κ2) is 15.5. The van der Waals surface area contributed by atoms with Crippen LogP contribution in [0, 0.1) is 23.7 Å². The van der Waals surface area contributed by atoms with Crippen LogP contribution in [0.5, 0.6) is 0 Å². The van der Waals surface area contributed by atoms with Crippen LogP contribution in [0.3, 0.4) is 0 Å². The third kappa shape index (κ3) is 7.01. The molecule has 3 aromatic rings. The minimum atomic E-state index is -2.72. The summed E-state index contributed by atoms with van der Waals surface area (Å²) in [5, 5.41) is 13.8. The lowest BCUT2D eigenvalue weighted by molar-refractivity contribution is -0.208. The Labute approximate surface area is 303 Å². The van der Waals surface area contributed by atoms with Gasteiger partial charge in [-0.25, -0.2) is 9.59 Å². The molecule has 2 aliphatic rings. The molecule has 6 atom stereocenters. The molecule has 1 N–H and O–H groups in total. The first kappa shape index (κ1) is 37.3. The minimum absolute atomic E-state index is 0.0479. The molecule has 2 bridgehead atoms. The molecule has 3 aromatic carbocycles. The Balaban J connectivity index is 1.80. The van der Waals surface area contributed by atoms with E-state index in [0.717, 1.165) is 28.4 Å². The Bertz CT molecular complexity index is 1890. The van der Waals surface area contributed by atoms with Crippen molar-refractivity contribution >= 4 is 64.7 Å². The number of hydrogen-bond donors (Lipinski definition) is 1. The van der Waals surface area contributed by atoms with Gasteiger partial charge in [0.15, 0.2) is 0 Å². The Kier molecular flexibility index (Phi) is 11.3. The van der Waals surface area contributed by atoms with Gasteiger partial charge in [-0.05, 0) is 53.5 Å². The third-order valence-corrected chi connectivity index (χ3v) is 9.91. The van der Waals surface area contributed by atoms with Crippen LogP contribution >= 0.6 is 23.2 Å². The van der Waals surface area contributed by atoms with E-state index in [1.807, 2.05) is 0 Å². The van der Waals surface area contributed by atoms with E-state index in [2.05, 4.69) is 0 Å². The lowest BCUT2D eigenvalue weighted by Crippen LogP contribution is -2.68. The topological polar surface area (TPSA) is 152 Å². The van der Waals surface area contributed by atoms with Crippen molar-refractivity contribution in [2.45, 2.75) is 17.9 Å². The lowest BCUT2D eigenvalue weighted by atomic mass is 9.49. The van der Waals surface area contributed by atoms with E-state index in [0.29, 0.717) is 26.7 Å². The van der Waals surface area contributed by atoms with Crippen LogP contribution in [0.4, 0.5) is 0 Å². The molecule has 0 heterocycles. The summed E-state index contributed by atoms with van der Waals surface area (Å²) in [5.74, 6) is -13.6. The van der Waals surface area contributed by atoms with E-state index in [9.17, 15) is 29.1 Å². The molecule has 11 nitrogen and oxygen atoms in total. The Morgan fingerprint density at radius 1 is 0.706 bits per heavy atom. The monoisotopic (exact) mass is 736 g/mol. The number of methoxy groups -OCH3 is 4. The quantitative estimate of drug-likeness (QED) is 0.130. The fourth-order valence-corrected chi connectivity index (χ4v) is 7.48. The number of fused-ring (bicyclic) bond motifs is 2. The van der Waals surface area contributed by atoms with Crippen molar-refractivity contribution < 1.29 is 52.8 Å². The van der Waals surface area contributed by atoms with E-state index < -0.39 is 70.8 Å². The Morgan fingerprint density at radius 2 is 1.24 bits per heavy atom. The van der Waals surface area contributed by atoms with Gasteiger partial charge in [-0.2, -0.15) is 0 Å². The zero-order valence-corrected chi connectivity index (χ0v) is 29.5. The zero-order valence-electron chi connectivity index (χ0n) is 28.0. The third-order valence-electron chi connectivity index (χ3n) is 9.41. The number of carbonyl (C=O) groups is 5. The summed E-state index contributed by atoms with van der Waals surface area (Å²) < 4.78 is 26.6. The average Bonchev–Trinajstić information content (AvgIpc) is 3.13. The standard InChI is InChI=1S/C38H34Cl2O11/c1-47-34(42)28-27-19-25(21-8-6-5-7-9-21)29(35(43)48-2)38(46,30(27)36(44)49-3)31(37(45)50-4)32(28)51-33(41)26(22-12-16-24(40)17-13-22)18-20-10-14-23(39)15-11-20/h5-18,25,27,29-31,46H,19H2,1-4H3/t25-,27-,29+,30+,31?,38-/m1/s1. The number of esters is 5. The first-order valence-corrected chi connectivity index (χ1v) is 16.4. The number of halogens is 2. The molecule has 0 aliphatic heterocycles. The van der Waals surface area contributed by atoms with Gasteiger partial charge in [-0.1, -0.05) is 77.8 Å². The van der Waals surface area contributed by atoms with Gasteiger partial charge in [-0.3, -0.25) is 14.4 Å². The Morgan fingerprint density at radius 3 is 1.76 bits per heavy atom. The molecule has 1 fully saturated rings. The molecule has 0 radical (unpaired) electrons. The molecule has 0 aromatic heterocycles. The SMILES string of the molecule is COC(=O)C1=C(OC(=O)C(=Cc2ccc(Cl)cc2)c2ccc(Cl)cc2)C(C(=O)OC)[C@]2(O)[C@H](C(=O)OC)[C@@H]1C[C@H](c1ccccc1)[C@H]2C(=O)OC. The van der Waals surface area contributed by atoms with Crippen molar-refractivity contribution in [2.24, 2.45) is 23.7 Å². The summed E-state index contributed by atoms with van der Waals surface area (Å²) in [6, 6.07) is 21.3. The van der Waals surface area contributed by atoms with Gasteiger partial charge in [0.05, 0.1) is 51.4 Å². The molecule has 0 amide bonds. The zero-order chi connectivity index (χ0) is 37.0. The van der Waals surface area contributed by atoms with Crippen molar-refractivity contribution in [1.29, 1.82) is 0 Å². The van der Waals surface area contributed by atoms with Crippen LogP contribution in [0.25, 0.3) is 11.6 Å². The smallest absolute Gasteiger partial charge is 0.343 e. The van der Waals surface area contributed by atoms with E-state index in [1.165, 1.54) is 6.08 Å². The normalized spacial score (nSPS) is 24.2. The second-order valence-electron chi connectivity index (χ2n) is 12.0. The van der Waals surface area contributed by atoms with Gasteiger partial charge in [0.1, 0.15) is 17.3 Å². The van der Waals surface area contributed by atoms with Crippen LogP contribution in [-0.4, -0.2) is 69.0 Å². The van der Waals surface area contributed by atoms with Crippen molar-refractivity contribution in [2.75, 3.05) is 28.4 Å². The van der Waals surface area contributed by atoms with Crippen molar-refractivity contribution in [3.63, 3.8) is 0 Å². The summed E-state index contributed by atoms with van der Waals surface area (Å²) >= 11 is 12.2. The van der Waals surface area contributed by atoms with E-state index >= 15 is 0 Å². The van der Waals surface area contributed by atoms with Crippen molar-refractivity contribution in [3.8, 4) is 0 Å². The molecule has 1 unspecified atom stereocenters. The molecule has 0 saturated heterocycles. The molecule has 51 heavy (non-hydrogen) atoms. The average molecular weight is 738 g/mol. The highest BCUT2D eigenvalue weighted by molar-refractivity contribution is 6.31. The number of rotatable bonds is 9. The first-order chi connectivity index (χ1) is 24.4. The van der Waals surface area contributed by atoms with Crippen LogP contribution in [0.2, 0.25) is 10.0 Å². The molecular formula is C38H34Cl2O11. The van der Waals surface area contributed by atoms with Crippen LogP contribution in [0.1, 0.15) is 29.0 Å². The van der Waals surface area contributed by atoms with Gasteiger partial charge in [0.25, 0.3) is 0 Å². The van der Waals surface area contributed by atoms with Gasteiger partial charge < -0.3 is 28.8 Å². The lowest BCUT2D eigenvalue weighted by Gasteiger charge is -2.55. The minimum Gasteiger partial charge on any atom is -0.469 e. The predicted molar refractivity (Wildman–Crippen MR) is 185 cm³/mol. The number of ether oxygens (including phenoxy) is 5. The van der Waals surface area contributed by atoms with Gasteiger partial charge >= 0.3 is 29.8 Å². The maximum Gasteiger partial charge on any atom is 0.343 e. The van der Waals surface area contributed by atoms with E-state index in [-0.39, 0.29) is 17.6 Å². The highest BCUT2D eigenvalue weighted by Crippen LogP contribution is 2.60. The predicted octanol–water partition coefficient (Wildman–Crippen LogP) is 5.42. The largest absolute Gasteiger partial charge is 0.469 e.